The molecule has 0 unspecified atom stereocenters. The molecule has 0 saturated carbocycles. The number of hydrogen-bond acceptors (Lipinski definition) is 4. The number of anilines is 3. The molecule has 0 radical (unpaired) electrons. The van der Waals surface area contributed by atoms with E-state index in [9.17, 15) is 0 Å². The zero-order valence-electron chi connectivity index (χ0n) is 56.1. The third kappa shape index (κ3) is 10.3. The van der Waals surface area contributed by atoms with Gasteiger partial charge in [0.15, 0.2) is 0 Å². The number of nitrogens with zero attached hydrogens (tertiary/aromatic N) is 6. The molecule has 0 atom stereocenters. The fraction of sp³-hybridized carbons (Fsp3) is 0.0870. The predicted molar refractivity (Wildman–Crippen MR) is 420 cm³/mol. The Morgan fingerprint density at radius 1 is 0.263 bits per heavy atom. The van der Waals surface area contributed by atoms with Crippen LogP contribution < -0.4 is 4.90 Å². The van der Waals surface area contributed by atoms with Crippen LogP contribution in [0.25, 0.3) is 149 Å². The molecule has 0 saturated heterocycles. The average molecular weight is 1290 g/mol. The summed E-state index contributed by atoms with van der Waals surface area (Å²) < 4.78 is 17.5. The highest BCUT2D eigenvalue weighted by Crippen LogP contribution is 2.46. The van der Waals surface area contributed by atoms with Crippen LogP contribution in [0.5, 0.6) is 0 Å². The van der Waals surface area contributed by atoms with Crippen molar-refractivity contribution in [1.82, 2.24) is 22.4 Å². The first-order valence-corrected chi connectivity index (χ1v) is 34.9. The molecule has 18 rings (SSSR count). The van der Waals surface area contributed by atoms with Crippen LogP contribution in [-0.4, -0.2) is 22.4 Å². The molecule has 0 aliphatic heterocycles. The minimum absolute atomic E-state index is 0.0175. The van der Waals surface area contributed by atoms with Crippen LogP contribution >= 0.6 is 11.7 Å². The zero-order valence-corrected chi connectivity index (χ0v) is 56.9. The molecule has 474 valence electrons. The Morgan fingerprint density at radius 3 is 1.01 bits per heavy atom. The van der Waals surface area contributed by atoms with Crippen LogP contribution in [0, 0.1) is 0 Å². The SMILES string of the molecule is CC(C)(C)c1ccc2c(c1)c1cc(C(C)(C)C)ccc1n2-c1ccc(-c2ccc(N(c3ccc(-c4ccc5c(c4)c4ccccc4n5-c4ccc(-c5ccccc5)cc4)cc3)c3ccc(-c4ccc5c(c4)c4ccccc4n5-c4ccc(-c5ccccc5)cc4)cc3)c3nsnc23)cc1. The molecular formula is C92H70N6S. The van der Waals surface area contributed by atoms with Crippen LogP contribution in [0.15, 0.2) is 315 Å². The second-order valence-electron chi connectivity index (χ2n) is 28.4. The van der Waals surface area contributed by atoms with Gasteiger partial charge in [-0.25, -0.2) is 0 Å². The van der Waals surface area contributed by atoms with Crippen molar-refractivity contribution in [2.24, 2.45) is 0 Å². The highest BCUT2D eigenvalue weighted by atomic mass is 32.1. The normalized spacial score (nSPS) is 12.1. The molecule has 0 fully saturated rings. The lowest BCUT2D eigenvalue weighted by atomic mass is 9.85. The van der Waals surface area contributed by atoms with Gasteiger partial charge in [-0.1, -0.05) is 224 Å². The standard InChI is InChI=1S/C92H70N6S/c1-91(2,3)68-37-52-86-80(57-68)81-58-69(92(4,5)6)38-53-87(81)98(86)74-47-33-65(34-48-74)75-49-54-88(90-89(75)93-99-94-90)95(70-39-29-63(30-40-70)66-35-50-84-78(55-66)76-21-13-15-23-82(76)96(84)72-43-25-61(26-44-72)59-17-9-7-10-18-59)71-41-31-64(32-42-71)67-36-51-85-79(56-67)77-22-14-16-24-83(77)97(85)73-45-27-62(28-46-73)60-19-11-8-12-20-60/h7-58H,1-6H3. The number of aromatic nitrogens is 5. The lowest BCUT2D eigenvalue weighted by molar-refractivity contribution is 0.590. The summed E-state index contributed by atoms with van der Waals surface area (Å²) in [5.41, 5.74) is 29.3. The third-order valence-electron chi connectivity index (χ3n) is 20.3. The highest BCUT2D eigenvalue weighted by molar-refractivity contribution is 7.00. The summed E-state index contributed by atoms with van der Waals surface area (Å²) in [5, 5.41) is 7.42. The molecule has 0 bridgehead atoms. The minimum Gasteiger partial charge on any atom is -0.309 e. The van der Waals surface area contributed by atoms with Crippen molar-refractivity contribution >= 4 is 105 Å². The topological polar surface area (TPSA) is 43.8 Å². The minimum atomic E-state index is 0.0175. The van der Waals surface area contributed by atoms with Gasteiger partial charge in [0.05, 0.1) is 50.5 Å². The van der Waals surface area contributed by atoms with Gasteiger partial charge in [0.2, 0.25) is 0 Å². The molecule has 14 aromatic carbocycles. The summed E-state index contributed by atoms with van der Waals surface area (Å²) in [4.78, 5) is 2.35. The van der Waals surface area contributed by atoms with Gasteiger partial charge in [-0.3, -0.25) is 0 Å². The van der Waals surface area contributed by atoms with Crippen molar-refractivity contribution < 1.29 is 0 Å². The lowest BCUT2D eigenvalue weighted by Crippen LogP contribution is -2.10. The lowest BCUT2D eigenvalue weighted by Gasteiger charge is -2.26. The molecule has 4 heterocycles. The van der Waals surface area contributed by atoms with Gasteiger partial charge in [0, 0.05) is 66.3 Å². The van der Waals surface area contributed by atoms with E-state index in [0.717, 1.165) is 78.5 Å². The van der Waals surface area contributed by atoms with E-state index in [-0.39, 0.29) is 10.8 Å². The van der Waals surface area contributed by atoms with Crippen LogP contribution in [0.1, 0.15) is 52.7 Å². The van der Waals surface area contributed by atoms with Gasteiger partial charge in [-0.15, -0.1) is 0 Å². The molecular weight excluding hydrogens is 1220 g/mol. The van der Waals surface area contributed by atoms with Crippen LogP contribution in [0.2, 0.25) is 0 Å². The van der Waals surface area contributed by atoms with Crippen LogP contribution in [-0.2, 0) is 10.8 Å². The molecule has 7 heteroatoms. The average Bonchev–Trinajstić information content (AvgIpc) is 1.61. The van der Waals surface area contributed by atoms with Gasteiger partial charge >= 0.3 is 0 Å². The van der Waals surface area contributed by atoms with Gasteiger partial charge in [0.25, 0.3) is 0 Å². The molecule has 0 N–H and O–H groups in total. The highest BCUT2D eigenvalue weighted by Gasteiger charge is 2.25. The first-order valence-electron chi connectivity index (χ1n) is 34.2. The Kier molecular flexibility index (Phi) is 14.1. The van der Waals surface area contributed by atoms with Crippen molar-refractivity contribution in [3.63, 3.8) is 0 Å². The largest absolute Gasteiger partial charge is 0.309 e. The first kappa shape index (κ1) is 59.6. The Bertz CT molecular complexity index is 5810. The van der Waals surface area contributed by atoms with Gasteiger partial charge < -0.3 is 18.6 Å². The molecule has 0 amide bonds. The van der Waals surface area contributed by atoms with E-state index in [4.69, 9.17) is 8.75 Å². The summed E-state index contributed by atoms with van der Waals surface area (Å²) in [6.45, 7) is 13.8. The van der Waals surface area contributed by atoms with Crippen molar-refractivity contribution in [1.29, 1.82) is 0 Å². The second kappa shape index (κ2) is 23.4. The number of hydrogen-bond donors (Lipinski definition) is 0. The van der Waals surface area contributed by atoms with Crippen LogP contribution in [0.4, 0.5) is 17.1 Å². The van der Waals surface area contributed by atoms with E-state index in [2.05, 4.69) is 376 Å². The monoisotopic (exact) mass is 1290 g/mol. The van der Waals surface area contributed by atoms with Crippen molar-refractivity contribution in [2.45, 2.75) is 52.4 Å². The quantitative estimate of drug-likeness (QED) is 0.130. The van der Waals surface area contributed by atoms with E-state index in [0.29, 0.717) is 0 Å². The second-order valence-corrected chi connectivity index (χ2v) is 28.9. The molecule has 4 aromatic heterocycles. The third-order valence-corrected chi connectivity index (χ3v) is 20.8. The summed E-state index contributed by atoms with van der Waals surface area (Å²) in [6, 6.07) is 116. The van der Waals surface area contributed by atoms with E-state index >= 15 is 0 Å². The Hall–Kier alpha value is -11.9. The summed E-state index contributed by atoms with van der Waals surface area (Å²) >= 11 is 1.26. The van der Waals surface area contributed by atoms with E-state index in [1.165, 1.54) is 111 Å². The summed E-state index contributed by atoms with van der Waals surface area (Å²) in [7, 11) is 0. The van der Waals surface area contributed by atoms with Crippen LogP contribution in [0.3, 0.4) is 0 Å². The van der Waals surface area contributed by atoms with E-state index in [1.54, 1.807) is 0 Å². The maximum absolute atomic E-state index is 5.15. The summed E-state index contributed by atoms with van der Waals surface area (Å²) in [5.74, 6) is 0. The fourth-order valence-corrected chi connectivity index (χ4v) is 15.6. The van der Waals surface area contributed by atoms with Gasteiger partial charge in [-0.05, 0) is 205 Å². The fourth-order valence-electron chi connectivity index (χ4n) is 15.1. The first-order chi connectivity index (χ1) is 48.3. The Morgan fingerprint density at radius 2 is 0.586 bits per heavy atom. The van der Waals surface area contributed by atoms with Crippen molar-refractivity contribution in [3.8, 4) is 72.7 Å². The Labute approximate surface area is 580 Å². The number of para-hydroxylation sites is 2. The van der Waals surface area contributed by atoms with Gasteiger partial charge in [-0.2, -0.15) is 8.75 Å². The van der Waals surface area contributed by atoms with E-state index < -0.39 is 0 Å². The molecule has 0 aliphatic carbocycles. The maximum atomic E-state index is 5.15. The zero-order chi connectivity index (χ0) is 66.7. The number of fused-ring (bicyclic) bond motifs is 10. The van der Waals surface area contributed by atoms with Gasteiger partial charge in [0.1, 0.15) is 11.0 Å². The maximum Gasteiger partial charge on any atom is 0.129 e. The predicted octanol–water partition coefficient (Wildman–Crippen LogP) is 25.4. The number of rotatable bonds is 11. The van der Waals surface area contributed by atoms with E-state index in [1.807, 2.05) is 0 Å². The smallest absolute Gasteiger partial charge is 0.129 e. The summed E-state index contributed by atoms with van der Waals surface area (Å²) in [6.07, 6.45) is 0. The molecule has 6 nitrogen and oxygen atoms in total. The number of benzene rings is 14. The molecule has 0 spiro atoms. The van der Waals surface area contributed by atoms with Crippen molar-refractivity contribution in [3.05, 3.63) is 327 Å². The van der Waals surface area contributed by atoms with Crippen molar-refractivity contribution in [2.75, 3.05) is 4.90 Å². The molecule has 18 aromatic rings. The Balaban J connectivity index is 0.719. The molecule has 0 aliphatic rings. The molecule has 99 heavy (non-hydrogen) atoms.